The number of amides is 1. The predicted molar refractivity (Wildman–Crippen MR) is 115 cm³/mol. The summed E-state index contributed by atoms with van der Waals surface area (Å²) in [6.07, 6.45) is -2.15. The van der Waals surface area contributed by atoms with Crippen LogP contribution in [0.3, 0.4) is 0 Å². The van der Waals surface area contributed by atoms with E-state index in [1.165, 1.54) is 29.1 Å². The van der Waals surface area contributed by atoms with E-state index in [-0.39, 0.29) is 22.4 Å². The average Bonchev–Trinajstić information content (AvgIpc) is 3.32. The highest BCUT2D eigenvalue weighted by Gasteiger charge is 2.27. The van der Waals surface area contributed by atoms with Crippen molar-refractivity contribution in [1.29, 1.82) is 0 Å². The molecule has 0 unspecified atom stereocenters. The molecular weight excluding hydrogens is 469 g/mol. The van der Waals surface area contributed by atoms with Gasteiger partial charge in [-0.25, -0.2) is 9.67 Å². The predicted octanol–water partition coefficient (Wildman–Crippen LogP) is 4.76. The molecule has 0 bridgehead atoms. The zero-order valence-electron chi connectivity index (χ0n) is 17.8. The van der Waals surface area contributed by atoms with Gasteiger partial charge < -0.3 is 4.74 Å². The van der Waals surface area contributed by atoms with Crippen LogP contribution in [0.15, 0.2) is 35.5 Å². The van der Waals surface area contributed by atoms with Gasteiger partial charge >= 0.3 is 6.18 Å². The zero-order valence-corrected chi connectivity index (χ0v) is 19.3. The van der Waals surface area contributed by atoms with Gasteiger partial charge in [0.2, 0.25) is 5.88 Å². The first kappa shape index (κ1) is 25.5. The number of aryl methyl sites for hydroxylation is 2. The summed E-state index contributed by atoms with van der Waals surface area (Å²) in [7, 11) is 1.78. The standard InChI is InChI=1S/C17H16ClF3N6O2S.C2H6/c1-10-12(9-26(2)23-10)30-25-16(28)11-3-4-13(22-15(11)18)27-7-5-14(24-27)29-8-6-17(19,20)21;1-2/h3-5,7,9H,6,8H2,1-2H3,(H,25,28);1-2H3. The van der Waals surface area contributed by atoms with E-state index in [2.05, 4.69) is 19.9 Å². The zero-order chi connectivity index (χ0) is 23.9. The van der Waals surface area contributed by atoms with Gasteiger partial charge in [0, 0.05) is 25.5 Å². The largest absolute Gasteiger partial charge is 0.476 e. The lowest BCUT2D eigenvalue weighted by molar-refractivity contribution is -0.139. The fourth-order valence-electron chi connectivity index (χ4n) is 2.34. The van der Waals surface area contributed by atoms with Crippen molar-refractivity contribution < 1.29 is 22.7 Å². The first-order valence-corrected chi connectivity index (χ1v) is 10.7. The van der Waals surface area contributed by atoms with Gasteiger partial charge in [0.15, 0.2) is 5.82 Å². The molecule has 0 aliphatic rings. The molecule has 3 aromatic rings. The molecule has 0 aliphatic heterocycles. The highest BCUT2D eigenvalue weighted by Crippen LogP contribution is 2.22. The molecule has 0 aliphatic carbocycles. The molecule has 0 atom stereocenters. The van der Waals surface area contributed by atoms with Crippen molar-refractivity contribution in [2.24, 2.45) is 7.05 Å². The number of halogens is 4. The van der Waals surface area contributed by atoms with Crippen LogP contribution in [0.2, 0.25) is 5.15 Å². The SMILES string of the molecule is CC.Cc1nn(C)cc1SNC(=O)c1ccc(-n2ccc(OCCC(F)(F)F)n2)nc1Cl. The average molecular weight is 491 g/mol. The number of nitrogens with one attached hydrogen (secondary N) is 1. The van der Waals surface area contributed by atoms with Crippen LogP contribution in [0.4, 0.5) is 13.2 Å². The smallest absolute Gasteiger partial charge is 0.392 e. The molecule has 3 aromatic heterocycles. The molecule has 0 aromatic carbocycles. The Bertz CT molecular complexity index is 1050. The second kappa shape index (κ2) is 11.2. The first-order chi connectivity index (χ1) is 15.1. The number of nitrogens with zero attached hydrogens (tertiary/aromatic N) is 5. The first-order valence-electron chi connectivity index (χ1n) is 9.52. The van der Waals surface area contributed by atoms with E-state index in [1.54, 1.807) is 17.9 Å². The van der Waals surface area contributed by atoms with Crippen molar-refractivity contribution in [2.45, 2.75) is 38.3 Å². The Kier molecular flexibility index (Phi) is 8.96. The van der Waals surface area contributed by atoms with E-state index < -0.39 is 25.1 Å². The van der Waals surface area contributed by atoms with Gasteiger partial charge in [-0.2, -0.15) is 18.3 Å². The Morgan fingerprint density at radius 3 is 2.56 bits per heavy atom. The van der Waals surface area contributed by atoms with Gasteiger partial charge in [-0.15, -0.1) is 5.10 Å². The lowest BCUT2D eigenvalue weighted by Crippen LogP contribution is -2.17. The topological polar surface area (TPSA) is 86.9 Å². The number of pyridine rings is 1. The maximum atomic E-state index is 12.4. The van der Waals surface area contributed by atoms with Crippen molar-refractivity contribution in [3.8, 4) is 11.7 Å². The second-order valence-corrected chi connectivity index (χ2v) is 7.31. The number of hydrogen-bond acceptors (Lipinski definition) is 6. The fraction of sp³-hybridized carbons (Fsp3) is 0.368. The molecule has 3 heterocycles. The van der Waals surface area contributed by atoms with Crippen molar-refractivity contribution in [3.63, 3.8) is 0 Å². The van der Waals surface area contributed by atoms with Crippen LogP contribution in [0.5, 0.6) is 5.88 Å². The highest BCUT2D eigenvalue weighted by molar-refractivity contribution is 7.98. The number of rotatable bonds is 7. The lowest BCUT2D eigenvalue weighted by Gasteiger charge is -2.07. The van der Waals surface area contributed by atoms with Crippen molar-refractivity contribution in [3.05, 3.63) is 47.0 Å². The molecule has 13 heteroatoms. The molecule has 1 amide bonds. The molecule has 0 spiro atoms. The molecule has 174 valence electrons. The quantitative estimate of drug-likeness (QED) is 0.379. The summed E-state index contributed by atoms with van der Waals surface area (Å²) in [4.78, 5) is 17.3. The monoisotopic (exact) mass is 490 g/mol. The molecule has 3 rings (SSSR count). The van der Waals surface area contributed by atoms with Gasteiger partial charge in [-0.05, 0) is 31.0 Å². The van der Waals surface area contributed by atoms with Crippen LogP contribution in [-0.4, -0.2) is 43.2 Å². The van der Waals surface area contributed by atoms with Gasteiger partial charge in [-0.3, -0.25) is 14.2 Å². The summed E-state index contributed by atoms with van der Waals surface area (Å²) in [6, 6.07) is 4.38. The molecule has 0 saturated heterocycles. The minimum Gasteiger partial charge on any atom is -0.476 e. The van der Waals surface area contributed by atoms with Crippen LogP contribution >= 0.6 is 23.5 Å². The number of hydrogen-bond donors (Lipinski definition) is 1. The van der Waals surface area contributed by atoms with E-state index in [0.717, 1.165) is 22.5 Å². The van der Waals surface area contributed by atoms with Crippen LogP contribution < -0.4 is 9.46 Å². The van der Waals surface area contributed by atoms with Gasteiger partial charge in [0.25, 0.3) is 5.91 Å². The van der Waals surface area contributed by atoms with Gasteiger partial charge in [0.05, 0.1) is 29.2 Å². The Balaban J connectivity index is 0.00000176. The van der Waals surface area contributed by atoms with Crippen molar-refractivity contribution in [2.75, 3.05) is 6.61 Å². The summed E-state index contributed by atoms with van der Waals surface area (Å²) in [6.45, 7) is 5.28. The molecule has 0 radical (unpaired) electrons. The summed E-state index contributed by atoms with van der Waals surface area (Å²) in [5.74, 6) is -0.149. The van der Waals surface area contributed by atoms with Crippen LogP contribution in [0.1, 0.15) is 36.3 Å². The third kappa shape index (κ3) is 7.16. The normalized spacial score (nSPS) is 11.0. The summed E-state index contributed by atoms with van der Waals surface area (Å²) in [5.41, 5.74) is 0.928. The molecule has 1 N–H and O–H groups in total. The summed E-state index contributed by atoms with van der Waals surface area (Å²) < 4.78 is 47.1. The van der Waals surface area contributed by atoms with E-state index in [4.69, 9.17) is 16.3 Å². The van der Waals surface area contributed by atoms with E-state index >= 15 is 0 Å². The third-order valence-corrected chi connectivity index (χ3v) is 4.93. The Labute approximate surface area is 192 Å². The van der Waals surface area contributed by atoms with Gasteiger partial charge in [0.1, 0.15) is 5.15 Å². The summed E-state index contributed by atoms with van der Waals surface area (Å²) in [5, 5.41) is 8.13. The molecule has 0 saturated carbocycles. The van der Waals surface area contributed by atoms with E-state index in [1.807, 2.05) is 20.8 Å². The molecular formula is C19H22ClF3N6O2S. The Morgan fingerprint density at radius 2 is 1.97 bits per heavy atom. The molecule has 32 heavy (non-hydrogen) atoms. The minimum atomic E-state index is -4.30. The van der Waals surface area contributed by atoms with E-state index in [0.29, 0.717) is 0 Å². The second-order valence-electron chi connectivity index (χ2n) is 6.11. The van der Waals surface area contributed by atoms with Crippen LogP contribution in [-0.2, 0) is 7.05 Å². The minimum absolute atomic E-state index is 0.0160. The number of alkyl halides is 3. The fourth-order valence-corrected chi connectivity index (χ4v) is 3.28. The van der Waals surface area contributed by atoms with Crippen LogP contribution in [0.25, 0.3) is 5.82 Å². The van der Waals surface area contributed by atoms with E-state index in [9.17, 15) is 18.0 Å². The lowest BCUT2D eigenvalue weighted by atomic mass is 10.3. The Hall–Kier alpha value is -2.73. The van der Waals surface area contributed by atoms with Gasteiger partial charge in [-0.1, -0.05) is 25.4 Å². The molecule has 0 fully saturated rings. The molecule has 8 nitrogen and oxygen atoms in total. The number of ether oxygens (including phenoxy) is 1. The Morgan fingerprint density at radius 1 is 1.25 bits per heavy atom. The maximum Gasteiger partial charge on any atom is 0.392 e. The number of carbonyl (C=O) groups excluding carboxylic acids is 1. The van der Waals surface area contributed by atoms with Crippen molar-refractivity contribution >= 4 is 29.5 Å². The number of carbonyl (C=O) groups is 1. The maximum absolute atomic E-state index is 12.4. The van der Waals surface area contributed by atoms with Crippen molar-refractivity contribution in [1.82, 2.24) is 29.3 Å². The highest BCUT2D eigenvalue weighted by atomic mass is 35.5. The van der Waals surface area contributed by atoms with Crippen LogP contribution in [0, 0.1) is 6.92 Å². The summed E-state index contributed by atoms with van der Waals surface area (Å²) >= 11 is 7.25. The third-order valence-electron chi connectivity index (χ3n) is 3.74. The number of aromatic nitrogens is 5.